The molecule has 1 aromatic rings. The van der Waals surface area contributed by atoms with Crippen LogP contribution >= 0.6 is 22.6 Å². The normalized spacial score (nSPS) is 33.3. The Balaban J connectivity index is 1.33. The third-order valence-electron chi connectivity index (χ3n) is 5.93. The Morgan fingerprint density at radius 3 is 2.12 bits per heavy atom. The monoisotopic (exact) mass is 439 g/mol. The zero-order valence-electron chi connectivity index (χ0n) is 13.6. The predicted molar refractivity (Wildman–Crippen MR) is 99.4 cm³/mol. The minimum atomic E-state index is -0.294. The highest BCUT2D eigenvalue weighted by molar-refractivity contribution is 14.1. The number of nitrogens with one attached hydrogen (secondary N) is 1. The summed E-state index contributed by atoms with van der Waals surface area (Å²) in [6.07, 6.45) is 6.78. The Labute approximate surface area is 155 Å². The number of hydrogen-bond acceptors (Lipinski definition) is 3. The maximum absolute atomic E-state index is 12.7. The number of hydrogen-bond donors (Lipinski definition) is 1. The lowest BCUT2D eigenvalue weighted by Gasteiger charge is -2.55. The lowest BCUT2D eigenvalue weighted by atomic mass is 9.49. The van der Waals surface area contributed by atoms with E-state index in [1.165, 1.54) is 19.3 Å². The molecule has 24 heavy (non-hydrogen) atoms. The zero-order chi connectivity index (χ0) is 16.7. The molecule has 0 radical (unpaired) electrons. The third-order valence-corrected chi connectivity index (χ3v) is 6.65. The van der Waals surface area contributed by atoms with Gasteiger partial charge in [-0.15, -0.1) is 0 Å². The van der Waals surface area contributed by atoms with E-state index in [-0.39, 0.29) is 23.9 Å². The van der Waals surface area contributed by atoms with Gasteiger partial charge in [-0.3, -0.25) is 9.59 Å². The maximum Gasteiger partial charge on any atom is 0.312 e. The van der Waals surface area contributed by atoms with E-state index >= 15 is 0 Å². The fraction of sp³-hybridized carbons (Fsp3) is 0.579. The van der Waals surface area contributed by atoms with Gasteiger partial charge < -0.3 is 10.1 Å². The van der Waals surface area contributed by atoms with Crippen LogP contribution in [0, 0.1) is 26.7 Å². The Bertz CT molecular complexity index is 620. The summed E-state index contributed by atoms with van der Waals surface area (Å²) in [5.74, 6) is 1.69. The van der Waals surface area contributed by atoms with Crippen LogP contribution in [0.1, 0.15) is 38.5 Å². The van der Waals surface area contributed by atoms with Gasteiger partial charge in [-0.1, -0.05) is 0 Å². The molecule has 1 aromatic carbocycles. The first-order valence-corrected chi connectivity index (χ1v) is 9.83. The molecular formula is C19H22INO3. The van der Waals surface area contributed by atoms with Crippen molar-refractivity contribution in [2.75, 3.05) is 11.9 Å². The number of amides is 1. The summed E-state index contributed by atoms with van der Waals surface area (Å²) in [4.78, 5) is 24.7. The van der Waals surface area contributed by atoms with E-state index in [0.717, 1.165) is 28.5 Å². The molecule has 1 N–H and O–H groups in total. The molecule has 4 aliphatic rings. The average molecular weight is 439 g/mol. The van der Waals surface area contributed by atoms with Crippen molar-refractivity contribution in [3.8, 4) is 0 Å². The molecule has 0 spiro atoms. The van der Waals surface area contributed by atoms with Gasteiger partial charge in [-0.25, -0.2) is 0 Å². The SMILES string of the molecule is O=C(COC(=O)C12CC3CC(CC(C3)C1)C2)Nc1ccc(I)cc1. The average Bonchev–Trinajstić information content (AvgIpc) is 2.53. The van der Waals surface area contributed by atoms with Crippen molar-refractivity contribution < 1.29 is 14.3 Å². The number of carbonyl (C=O) groups excluding carboxylic acids is 2. The number of esters is 1. The van der Waals surface area contributed by atoms with E-state index < -0.39 is 0 Å². The lowest BCUT2D eigenvalue weighted by molar-refractivity contribution is -0.172. The van der Waals surface area contributed by atoms with Crippen LogP contribution in [0.4, 0.5) is 5.69 Å². The molecule has 0 saturated heterocycles. The van der Waals surface area contributed by atoms with Gasteiger partial charge in [0.05, 0.1) is 5.41 Å². The highest BCUT2D eigenvalue weighted by atomic mass is 127. The molecule has 4 fully saturated rings. The molecule has 5 heteroatoms. The second-order valence-corrected chi connectivity index (χ2v) is 9.07. The Morgan fingerprint density at radius 1 is 1.04 bits per heavy atom. The number of benzene rings is 1. The van der Waals surface area contributed by atoms with Crippen molar-refractivity contribution in [3.05, 3.63) is 27.8 Å². The minimum Gasteiger partial charge on any atom is -0.455 e. The zero-order valence-corrected chi connectivity index (χ0v) is 15.8. The highest BCUT2D eigenvalue weighted by Crippen LogP contribution is 2.60. The van der Waals surface area contributed by atoms with Crippen molar-refractivity contribution in [2.45, 2.75) is 38.5 Å². The predicted octanol–water partition coefficient (Wildman–Crippen LogP) is 3.99. The topological polar surface area (TPSA) is 55.4 Å². The van der Waals surface area contributed by atoms with Gasteiger partial charge in [-0.05, 0) is 103 Å². The molecular weight excluding hydrogens is 417 g/mol. The van der Waals surface area contributed by atoms with Crippen LogP contribution in [0.2, 0.25) is 0 Å². The molecule has 0 atom stereocenters. The largest absolute Gasteiger partial charge is 0.455 e. The number of ether oxygens (including phenoxy) is 1. The molecule has 4 aliphatic carbocycles. The standard InChI is InChI=1S/C19H22INO3/c20-15-1-3-16(4-2-15)21-17(22)11-24-18(23)19-8-12-5-13(9-19)7-14(6-12)10-19/h1-4,12-14H,5-11H2,(H,21,22). The summed E-state index contributed by atoms with van der Waals surface area (Å²) in [7, 11) is 0. The van der Waals surface area contributed by atoms with Crippen molar-refractivity contribution in [3.63, 3.8) is 0 Å². The van der Waals surface area contributed by atoms with Gasteiger partial charge >= 0.3 is 5.97 Å². The first kappa shape index (κ1) is 16.4. The fourth-order valence-corrected chi connectivity index (χ4v) is 5.73. The molecule has 0 aromatic heterocycles. The summed E-state index contributed by atoms with van der Waals surface area (Å²) in [5, 5.41) is 2.78. The number of halogens is 1. The van der Waals surface area contributed by atoms with E-state index in [9.17, 15) is 9.59 Å². The van der Waals surface area contributed by atoms with Crippen molar-refractivity contribution in [2.24, 2.45) is 23.2 Å². The molecule has 4 nitrogen and oxygen atoms in total. The van der Waals surface area contributed by atoms with Crippen LogP contribution in [0.5, 0.6) is 0 Å². The Morgan fingerprint density at radius 2 is 1.58 bits per heavy atom. The maximum atomic E-state index is 12.7. The summed E-state index contributed by atoms with van der Waals surface area (Å²) in [6.45, 7) is -0.188. The summed E-state index contributed by atoms with van der Waals surface area (Å²) >= 11 is 2.22. The van der Waals surface area contributed by atoms with Crippen molar-refractivity contribution in [1.29, 1.82) is 0 Å². The summed E-state index contributed by atoms with van der Waals surface area (Å²) in [5.41, 5.74) is 0.434. The Kier molecular flexibility index (Phi) is 4.31. The van der Waals surface area contributed by atoms with E-state index in [1.54, 1.807) is 0 Å². The van der Waals surface area contributed by atoms with Gasteiger partial charge in [0.2, 0.25) is 0 Å². The molecule has 4 saturated carbocycles. The van der Waals surface area contributed by atoms with Gasteiger partial charge in [0, 0.05) is 9.26 Å². The van der Waals surface area contributed by atoms with E-state index in [1.807, 2.05) is 24.3 Å². The quantitative estimate of drug-likeness (QED) is 0.571. The summed E-state index contributed by atoms with van der Waals surface area (Å²) < 4.78 is 6.54. The van der Waals surface area contributed by atoms with E-state index in [0.29, 0.717) is 17.8 Å². The smallest absolute Gasteiger partial charge is 0.312 e. The molecule has 0 aliphatic heterocycles. The van der Waals surface area contributed by atoms with Crippen LogP contribution in [0.15, 0.2) is 24.3 Å². The molecule has 0 unspecified atom stereocenters. The molecule has 5 rings (SSSR count). The number of carbonyl (C=O) groups is 2. The first-order valence-electron chi connectivity index (χ1n) is 8.75. The third kappa shape index (κ3) is 3.19. The van der Waals surface area contributed by atoms with Crippen LogP contribution in [-0.2, 0) is 14.3 Å². The minimum absolute atomic E-state index is 0.139. The van der Waals surface area contributed by atoms with Gasteiger partial charge in [0.1, 0.15) is 0 Å². The van der Waals surface area contributed by atoms with Crippen molar-refractivity contribution >= 4 is 40.2 Å². The molecule has 4 bridgehead atoms. The second kappa shape index (κ2) is 6.32. The van der Waals surface area contributed by atoms with Gasteiger partial charge in [0.15, 0.2) is 6.61 Å². The van der Waals surface area contributed by atoms with Crippen LogP contribution < -0.4 is 5.32 Å². The molecule has 1 amide bonds. The number of anilines is 1. The Hall–Kier alpha value is -1.11. The van der Waals surface area contributed by atoms with E-state index in [2.05, 4.69) is 27.9 Å². The molecule has 128 valence electrons. The molecule has 0 heterocycles. The summed E-state index contributed by atoms with van der Waals surface area (Å²) in [6, 6.07) is 7.55. The van der Waals surface area contributed by atoms with Crippen LogP contribution in [0.25, 0.3) is 0 Å². The highest BCUT2D eigenvalue weighted by Gasteiger charge is 2.55. The fourth-order valence-electron chi connectivity index (χ4n) is 5.38. The van der Waals surface area contributed by atoms with E-state index in [4.69, 9.17) is 4.74 Å². The van der Waals surface area contributed by atoms with Crippen LogP contribution in [0.3, 0.4) is 0 Å². The van der Waals surface area contributed by atoms with Gasteiger partial charge in [0.25, 0.3) is 5.91 Å². The second-order valence-electron chi connectivity index (χ2n) is 7.83. The first-order chi connectivity index (χ1) is 11.5. The lowest BCUT2D eigenvalue weighted by Crippen LogP contribution is -2.50. The van der Waals surface area contributed by atoms with Crippen molar-refractivity contribution in [1.82, 2.24) is 0 Å². The van der Waals surface area contributed by atoms with Gasteiger partial charge in [-0.2, -0.15) is 0 Å². The number of rotatable bonds is 4. The van der Waals surface area contributed by atoms with Crippen LogP contribution in [-0.4, -0.2) is 18.5 Å².